The number of para-hydroxylation sites is 1. The Morgan fingerprint density at radius 1 is 1.19 bits per heavy atom. The molecule has 0 unspecified atom stereocenters. The molecule has 1 aromatic rings. The Kier molecular flexibility index (Phi) is 6.21. The summed E-state index contributed by atoms with van der Waals surface area (Å²) in [6, 6.07) is 8.88. The van der Waals surface area contributed by atoms with E-state index in [-0.39, 0.29) is 23.7 Å². The van der Waals surface area contributed by atoms with E-state index < -0.39 is 11.4 Å². The van der Waals surface area contributed by atoms with Gasteiger partial charge in [-0.2, -0.15) is 15.8 Å². The highest BCUT2D eigenvalue weighted by Crippen LogP contribution is 2.29. The summed E-state index contributed by atoms with van der Waals surface area (Å²) in [5.74, 6) is -0.525. The summed E-state index contributed by atoms with van der Waals surface area (Å²) >= 11 is 0. The highest BCUT2D eigenvalue weighted by Gasteiger charge is 2.14. The summed E-state index contributed by atoms with van der Waals surface area (Å²) in [6.45, 7) is 0.488. The van der Waals surface area contributed by atoms with Crippen LogP contribution >= 0.6 is 0 Å². The van der Waals surface area contributed by atoms with Crippen LogP contribution in [-0.2, 0) is 4.74 Å². The van der Waals surface area contributed by atoms with Crippen molar-refractivity contribution >= 4 is 5.69 Å². The van der Waals surface area contributed by atoms with E-state index in [2.05, 4.69) is 5.32 Å². The first-order chi connectivity index (χ1) is 10.2. The van der Waals surface area contributed by atoms with Crippen LogP contribution in [-0.4, -0.2) is 20.3 Å². The fourth-order valence-electron chi connectivity index (χ4n) is 1.39. The molecule has 0 radical (unpaired) electrons. The molecule has 1 rings (SSSR count). The molecule has 0 aliphatic rings. The maximum atomic E-state index is 13.9. The average molecular weight is 286 g/mol. The summed E-state index contributed by atoms with van der Waals surface area (Å²) < 4.78 is 24.0. The van der Waals surface area contributed by atoms with Crippen LogP contribution in [0.2, 0.25) is 0 Å². The van der Waals surface area contributed by atoms with E-state index >= 15 is 0 Å². The van der Waals surface area contributed by atoms with Gasteiger partial charge in [-0.25, -0.2) is 4.39 Å². The lowest BCUT2D eigenvalue weighted by atomic mass is 10.2. The number of anilines is 1. The van der Waals surface area contributed by atoms with Gasteiger partial charge in [0, 0.05) is 7.11 Å². The Morgan fingerprint density at radius 2 is 1.90 bits per heavy atom. The Bertz CT molecular complexity index is 649. The Morgan fingerprint density at radius 3 is 2.48 bits per heavy atom. The van der Waals surface area contributed by atoms with E-state index in [0.29, 0.717) is 6.61 Å². The van der Waals surface area contributed by atoms with Gasteiger partial charge in [0.2, 0.25) is 0 Å². The Balaban J connectivity index is 3.13. The van der Waals surface area contributed by atoms with E-state index in [1.165, 1.54) is 25.3 Å². The maximum Gasteiger partial charge on any atom is 0.163 e. The molecule has 0 aliphatic heterocycles. The molecule has 0 bridgehead atoms. The normalized spacial score (nSPS) is 8.90. The topological polar surface area (TPSA) is 102 Å². The third kappa shape index (κ3) is 4.21. The van der Waals surface area contributed by atoms with Gasteiger partial charge in [-0.05, 0) is 12.1 Å². The molecule has 6 nitrogen and oxygen atoms in total. The summed E-state index contributed by atoms with van der Waals surface area (Å²) in [5.41, 5.74) is -0.904. The molecular weight excluding hydrogens is 275 g/mol. The number of hydrogen-bond acceptors (Lipinski definition) is 6. The fourth-order valence-corrected chi connectivity index (χ4v) is 1.39. The summed E-state index contributed by atoms with van der Waals surface area (Å²) in [7, 11) is 1.50. The predicted octanol–water partition coefficient (Wildman–Crippen LogP) is 2.09. The average Bonchev–Trinajstić information content (AvgIpc) is 2.50. The molecule has 0 amide bonds. The number of halogens is 1. The molecule has 0 fully saturated rings. The predicted molar refractivity (Wildman–Crippen MR) is 71.3 cm³/mol. The van der Waals surface area contributed by atoms with Gasteiger partial charge in [0.1, 0.15) is 47.8 Å². The number of nitrogens with one attached hydrogen (secondary N) is 1. The number of rotatable bonds is 6. The van der Waals surface area contributed by atoms with Crippen molar-refractivity contribution in [1.82, 2.24) is 0 Å². The first-order valence-corrected chi connectivity index (χ1v) is 5.79. The highest BCUT2D eigenvalue weighted by molar-refractivity contribution is 5.65. The second-order valence-electron chi connectivity index (χ2n) is 3.66. The van der Waals surface area contributed by atoms with E-state index in [4.69, 9.17) is 25.3 Å². The molecule has 0 saturated heterocycles. The fraction of sp³-hybridized carbons (Fsp3) is 0.214. The molecule has 1 aromatic carbocycles. The second kappa shape index (κ2) is 8.16. The minimum atomic E-state index is -0.673. The van der Waals surface area contributed by atoms with Crippen molar-refractivity contribution in [2.75, 3.05) is 25.6 Å². The Hall–Kier alpha value is -3.08. The van der Waals surface area contributed by atoms with Crippen molar-refractivity contribution < 1.29 is 13.9 Å². The van der Waals surface area contributed by atoms with Gasteiger partial charge >= 0.3 is 0 Å². The zero-order valence-electron chi connectivity index (χ0n) is 11.2. The zero-order chi connectivity index (χ0) is 15.7. The monoisotopic (exact) mass is 286 g/mol. The molecule has 1 N–H and O–H groups in total. The third-order valence-electron chi connectivity index (χ3n) is 2.36. The largest absolute Gasteiger partial charge is 0.489 e. The SMILES string of the molecule is COCCOc1cccc(F)c1NC(C#N)=C(C#N)C#N. The quantitative estimate of drug-likeness (QED) is 0.634. The number of nitrogens with zero attached hydrogens (tertiary/aromatic N) is 3. The lowest BCUT2D eigenvalue weighted by Gasteiger charge is -2.13. The number of allylic oxidation sites excluding steroid dienone is 2. The number of nitriles is 3. The van der Waals surface area contributed by atoms with Crippen LogP contribution in [0.15, 0.2) is 29.5 Å². The van der Waals surface area contributed by atoms with Gasteiger partial charge in [-0.1, -0.05) is 6.07 Å². The summed E-state index contributed by atoms with van der Waals surface area (Å²) in [6.07, 6.45) is 0. The molecule has 21 heavy (non-hydrogen) atoms. The van der Waals surface area contributed by atoms with Gasteiger partial charge in [-0.3, -0.25) is 0 Å². The van der Waals surface area contributed by atoms with Crippen LogP contribution in [0.1, 0.15) is 0 Å². The summed E-state index contributed by atoms with van der Waals surface area (Å²) in [4.78, 5) is 0. The van der Waals surface area contributed by atoms with Crippen LogP contribution in [0.5, 0.6) is 5.75 Å². The van der Waals surface area contributed by atoms with Crippen LogP contribution < -0.4 is 10.1 Å². The second-order valence-corrected chi connectivity index (χ2v) is 3.66. The van der Waals surface area contributed by atoms with Gasteiger partial charge in [0.05, 0.1) is 6.61 Å². The van der Waals surface area contributed by atoms with Crippen molar-refractivity contribution in [3.8, 4) is 24.0 Å². The summed E-state index contributed by atoms with van der Waals surface area (Å²) in [5, 5.41) is 28.9. The lowest BCUT2D eigenvalue weighted by Crippen LogP contribution is -2.09. The van der Waals surface area contributed by atoms with Gasteiger partial charge in [0.25, 0.3) is 0 Å². The number of methoxy groups -OCH3 is 1. The van der Waals surface area contributed by atoms with Crippen molar-refractivity contribution in [3.05, 3.63) is 35.3 Å². The van der Waals surface area contributed by atoms with E-state index in [1.807, 2.05) is 0 Å². The molecule has 106 valence electrons. The molecule has 0 spiro atoms. The van der Waals surface area contributed by atoms with Crippen LogP contribution in [0.3, 0.4) is 0 Å². The molecule has 0 aliphatic carbocycles. The maximum absolute atomic E-state index is 13.9. The molecule has 0 aromatic heterocycles. The van der Waals surface area contributed by atoms with Crippen molar-refractivity contribution in [1.29, 1.82) is 15.8 Å². The smallest absolute Gasteiger partial charge is 0.163 e. The molecule has 0 atom stereocenters. The molecule has 0 saturated carbocycles. The molecule has 7 heteroatoms. The van der Waals surface area contributed by atoms with E-state index in [9.17, 15) is 4.39 Å². The van der Waals surface area contributed by atoms with Crippen LogP contribution in [0, 0.1) is 39.8 Å². The lowest BCUT2D eigenvalue weighted by molar-refractivity contribution is 0.146. The van der Waals surface area contributed by atoms with Gasteiger partial charge in [0.15, 0.2) is 5.57 Å². The third-order valence-corrected chi connectivity index (χ3v) is 2.36. The number of ether oxygens (including phenoxy) is 2. The first-order valence-electron chi connectivity index (χ1n) is 5.79. The van der Waals surface area contributed by atoms with Crippen molar-refractivity contribution in [3.63, 3.8) is 0 Å². The highest BCUT2D eigenvalue weighted by atomic mass is 19.1. The van der Waals surface area contributed by atoms with Crippen LogP contribution in [0.25, 0.3) is 0 Å². The number of hydrogen-bond donors (Lipinski definition) is 1. The van der Waals surface area contributed by atoms with E-state index in [1.54, 1.807) is 18.2 Å². The van der Waals surface area contributed by atoms with Gasteiger partial charge in [-0.15, -0.1) is 0 Å². The molecule has 0 heterocycles. The standard InChI is InChI=1S/C14H11FN4O2/c1-20-5-6-21-13-4-2-3-11(15)14(13)19-12(9-18)10(7-16)8-17/h2-4,19H,5-6H2,1H3. The zero-order valence-corrected chi connectivity index (χ0v) is 11.2. The first kappa shape index (κ1) is 16.0. The number of benzene rings is 1. The van der Waals surface area contributed by atoms with E-state index in [0.717, 1.165) is 0 Å². The minimum absolute atomic E-state index is 0.117. The van der Waals surface area contributed by atoms with Crippen LogP contribution in [0.4, 0.5) is 10.1 Å². The van der Waals surface area contributed by atoms with Crippen molar-refractivity contribution in [2.24, 2.45) is 0 Å². The van der Waals surface area contributed by atoms with Gasteiger partial charge < -0.3 is 14.8 Å². The molecular formula is C14H11FN4O2. The minimum Gasteiger partial charge on any atom is -0.489 e. The Labute approximate surface area is 121 Å². The van der Waals surface area contributed by atoms with Crippen molar-refractivity contribution in [2.45, 2.75) is 0 Å².